The summed E-state index contributed by atoms with van der Waals surface area (Å²) >= 11 is 0. The molecular formula is C26H30N2O8. The highest BCUT2D eigenvalue weighted by Gasteiger charge is 2.40. The maximum absolute atomic E-state index is 13.5. The molecule has 2 N–H and O–H groups in total. The monoisotopic (exact) mass is 498 g/mol. The number of aryl methyl sites for hydroxylation is 1. The second-order valence-corrected chi connectivity index (χ2v) is 8.35. The Morgan fingerprint density at radius 2 is 1.94 bits per heavy atom. The lowest BCUT2D eigenvalue weighted by molar-refractivity contribution is -0.142. The first kappa shape index (κ1) is 26.6. The fourth-order valence-corrected chi connectivity index (χ4v) is 3.82. The van der Waals surface area contributed by atoms with E-state index in [4.69, 9.17) is 18.6 Å². The van der Waals surface area contributed by atoms with Gasteiger partial charge >= 0.3 is 5.97 Å². The van der Waals surface area contributed by atoms with Crippen molar-refractivity contribution in [1.82, 2.24) is 10.2 Å². The van der Waals surface area contributed by atoms with Crippen LogP contribution in [0.1, 0.15) is 28.6 Å². The summed E-state index contributed by atoms with van der Waals surface area (Å²) in [6, 6.07) is 11.7. The van der Waals surface area contributed by atoms with E-state index >= 15 is 0 Å². The summed E-state index contributed by atoms with van der Waals surface area (Å²) < 4.78 is 22.2. The number of furan rings is 1. The Bertz CT molecular complexity index is 1240. The first-order chi connectivity index (χ1) is 17.2. The van der Waals surface area contributed by atoms with E-state index in [9.17, 15) is 19.5 Å². The Balaban J connectivity index is 1.87. The molecule has 10 nitrogen and oxygen atoms in total. The van der Waals surface area contributed by atoms with E-state index in [1.807, 2.05) is 18.2 Å². The molecule has 0 fully saturated rings. The molecule has 1 atom stereocenters. The van der Waals surface area contributed by atoms with Gasteiger partial charge in [0.25, 0.3) is 0 Å². The summed E-state index contributed by atoms with van der Waals surface area (Å²) in [7, 11) is 3.05. The molecule has 0 saturated heterocycles. The van der Waals surface area contributed by atoms with Crippen LogP contribution in [0.15, 0.2) is 46.9 Å². The zero-order chi connectivity index (χ0) is 26.3. The summed E-state index contributed by atoms with van der Waals surface area (Å²) in [5, 5.41) is 12.7. The van der Waals surface area contributed by atoms with E-state index < -0.39 is 17.4 Å². The minimum Gasteiger partial charge on any atom is -0.496 e. The maximum Gasteiger partial charge on any atom is 0.335 e. The molecule has 1 unspecified atom stereocenters. The van der Waals surface area contributed by atoms with E-state index in [2.05, 4.69) is 5.32 Å². The van der Waals surface area contributed by atoms with Crippen LogP contribution in [0.4, 0.5) is 0 Å². The number of hydrogen-bond acceptors (Lipinski definition) is 7. The number of aromatic carboxylic acids is 1. The number of nitrogens with one attached hydrogen (secondary N) is 1. The van der Waals surface area contributed by atoms with Gasteiger partial charge in [0.2, 0.25) is 12.3 Å². The van der Waals surface area contributed by atoms with Gasteiger partial charge in [0.05, 0.1) is 24.7 Å². The molecule has 0 aliphatic rings. The van der Waals surface area contributed by atoms with Crippen molar-refractivity contribution in [1.29, 1.82) is 0 Å². The quantitative estimate of drug-likeness (QED) is 0.344. The van der Waals surface area contributed by atoms with Crippen LogP contribution >= 0.6 is 0 Å². The topological polar surface area (TPSA) is 128 Å². The first-order valence-electron chi connectivity index (χ1n) is 11.3. The molecule has 2 aromatic carbocycles. The fraction of sp³-hybridized carbons (Fsp3) is 0.346. The highest BCUT2D eigenvalue weighted by molar-refractivity contribution is 5.95. The van der Waals surface area contributed by atoms with Crippen molar-refractivity contribution in [2.75, 3.05) is 34.0 Å². The molecule has 1 heterocycles. The summed E-state index contributed by atoms with van der Waals surface area (Å²) in [4.78, 5) is 38.1. The van der Waals surface area contributed by atoms with Gasteiger partial charge in [-0.2, -0.15) is 0 Å². The van der Waals surface area contributed by atoms with Gasteiger partial charge in [-0.1, -0.05) is 18.2 Å². The molecule has 0 spiro atoms. The van der Waals surface area contributed by atoms with Crippen molar-refractivity contribution in [3.05, 3.63) is 59.4 Å². The number of rotatable bonds is 13. The van der Waals surface area contributed by atoms with E-state index in [1.54, 1.807) is 33.1 Å². The van der Waals surface area contributed by atoms with E-state index in [1.165, 1.54) is 24.1 Å². The van der Waals surface area contributed by atoms with Crippen LogP contribution < -0.4 is 14.8 Å². The van der Waals surface area contributed by atoms with Crippen LogP contribution in [0.5, 0.6) is 11.5 Å². The van der Waals surface area contributed by atoms with Crippen LogP contribution in [0.2, 0.25) is 0 Å². The molecule has 36 heavy (non-hydrogen) atoms. The Morgan fingerprint density at radius 1 is 1.19 bits per heavy atom. The van der Waals surface area contributed by atoms with Crippen molar-refractivity contribution in [3.8, 4) is 11.5 Å². The minimum atomic E-state index is -1.40. The van der Waals surface area contributed by atoms with Crippen molar-refractivity contribution < 1.29 is 38.1 Å². The molecule has 0 bridgehead atoms. The van der Waals surface area contributed by atoms with Crippen LogP contribution in [0.25, 0.3) is 11.0 Å². The second kappa shape index (κ2) is 11.6. The number of hydrogen-bond donors (Lipinski definition) is 2. The summed E-state index contributed by atoms with van der Waals surface area (Å²) in [5.41, 5.74) is -0.206. The normalized spacial score (nSPS) is 12.6. The fourth-order valence-electron chi connectivity index (χ4n) is 3.82. The molecule has 0 saturated carbocycles. The van der Waals surface area contributed by atoms with Gasteiger partial charge in [0.1, 0.15) is 23.7 Å². The van der Waals surface area contributed by atoms with Crippen molar-refractivity contribution in [2.24, 2.45) is 0 Å². The number of carbonyl (C=O) groups is 3. The Hall–Kier alpha value is -4.05. The number of ether oxygens (including phenoxy) is 3. The average molecular weight is 499 g/mol. The highest BCUT2D eigenvalue weighted by atomic mass is 16.5. The Morgan fingerprint density at radius 3 is 2.61 bits per heavy atom. The van der Waals surface area contributed by atoms with Crippen molar-refractivity contribution >= 4 is 29.3 Å². The lowest BCUT2D eigenvalue weighted by atomic mass is 9.99. The van der Waals surface area contributed by atoms with Gasteiger partial charge in [-0.3, -0.25) is 9.59 Å². The van der Waals surface area contributed by atoms with Crippen LogP contribution in [0.3, 0.4) is 0 Å². The van der Waals surface area contributed by atoms with Crippen molar-refractivity contribution in [3.63, 3.8) is 0 Å². The van der Waals surface area contributed by atoms with Gasteiger partial charge < -0.3 is 34.0 Å². The molecule has 1 aromatic heterocycles. The third kappa shape index (κ3) is 5.60. The minimum absolute atomic E-state index is 0.0788. The SMILES string of the molecule is COCCN(C=O)C(C)(COc1c(C)oc2cc(C(=O)O)ccc12)C(=O)NCc1ccccc1OC. The number of carbonyl (C=O) groups excluding carboxylic acids is 2. The number of amides is 2. The smallest absolute Gasteiger partial charge is 0.335 e. The molecule has 10 heteroatoms. The molecule has 2 amide bonds. The molecule has 0 aliphatic carbocycles. The maximum atomic E-state index is 13.5. The van der Waals surface area contributed by atoms with E-state index in [0.717, 1.165) is 5.56 Å². The molecule has 0 radical (unpaired) electrons. The summed E-state index contributed by atoms with van der Waals surface area (Å²) in [6.07, 6.45) is 0.588. The third-order valence-electron chi connectivity index (χ3n) is 5.97. The second-order valence-electron chi connectivity index (χ2n) is 8.35. The molecule has 3 rings (SSSR count). The lowest BCUT2D eigenvalue weighted by Gasteiger charge is -2.37. The number of fused-ring (bicyclic) bond motifs is 1. The number of carboxylic acids is 1. The van der Waals surface area contributed by atoms with Crippen molar-refractivity contribution in [2.45, 2.75) is 25.9 Å². The molecule has 3 aromatic rings. The zero-order valence-corrected chi connectivity index (χ0v) is 20.7. The Kier molecular flexibility index (Phi) is 8.55. The van der Waals surface area contributed by atoms with Gasteiger partial charge in [-0.25, -0.2) is 4.79 Å². The molecule has 0 aliphatic heterocycles. The lowest BCUT2D eigenvalue weighted by Crippen LogP contribution is -2.60. The number of methoxy groups -OCH3 is 2. The Labute approximate surface area is 208 Å². The number of nitrogens with zero attached hydrogens (tertiary/aromatic N) is 1. The number of benzene rings is 2. The largest absolute Gasteiger partial charge is 0.496 e. The van der Waals surface area contributed by atoms with Gasteiger partial charge in [0.15, 0.2) is 11.3 Å². The summed E-state index contributed by atoms with van der Waals surface area (Å²) in [6.45, 7) is 3.66. The predicted octanol–water partition coefficient (Wildman–Crippen LogP) is 3.01. The number of para-hydroxylation sites is 1. The van der Waals surface area contributed by atoms with Gasteiger partial charge in [-0.15, -0.1) is 0 Å². The standard InChI is InChI=1S/C26H30N2O8/c1-17-23(20-10-9-18(24(30)31)13-22(20)36-17)35-15-26(2,28(16-29)11-12-33-3)25(32)27-14-19-7-5-6-8-21(19)34-4/h5-10,13,16H,11-12,14-15H2,1-4H3,(H,27,32)(H,30,31). The third-order valence-corrected chi connectivity index (χ3v) is 5.97. The predicted molar refractivity (Wildman–Crippen MR) is 131 cm³/mol. The first-order valence-corrected chi connectivity index (χ1v) is 11.3. The van der Waals surface area contributed by atoms with Crippen LogP contribution in [0, 0.1) is 6.92 Å². The molecule has 192 valence electrons. The van der Waals surface area contributed by atoms with E-state index in [-0.39, 0.29) is 31.9 Å². The zero-order valence-electron chi connectivity index (χ0n) is 20.7. The van der Waals surface area contributed by atoms with Crippen LogP contribution in [-0.4, -0.2) is 67.8 Å². The number of carboxylic acid groups (broad SMARTS) is 1. The summed E-state index contributed by atoms with van der Waals surface area (Å²) in [5.74, 6) is -0.103. The highest BCUT2D eigenvalue weighted by Crippen LogP contribution is 2.34. The molecular weight excluding hydrogens is 468 g/mol. The van der Waals surface area contributed by atoms with Gasteiger partial charge in [-0.05, 0) is 38.1 Å². The van der Waals surface area contributed by atoms with Gasteiger partial charge in [0, 0.05) is 25.8 Å². The van der Waals surface area contributed by atoms with E-state index in [0.29, 0.717) is 34.6 Å². The average Bonchev–Trinajstić information content (AvgIpc) is 3.20. The van der Waals surface area contributed by atoms with Crippen LogP contribution in [-0.2, 0) is 20.9 Å².